The first-order valence-corrected chi connectivity index (χ1v) is 29.1. The molecule has 5 heterocycles. The highest BCUT2D eigenvalue weighted by Gasteiger charge is 2.51. The molecule has 420 valence electrons. The molecule has 3 aromatic heterocycles. The minimum absolute atomic E-state index is 0.00765. The Kier molecular flexibility index (Phi) is 15.9. The summed E-state index contributed by atoms with van der Waals surface area (Å²) in [6.07, 6.45) is 8.79. The fourth-order valence-electron chi connectivity index (χ4n) is 12.3. The summed E-state index contributed by atoms with van der Waals surface area (Å²) in [5.74, 6) is -0.452. The van der Waals surface area contributed by atoms with Gasteiger partial charge in [0.25, 0.3) is 21.8 Å². The number of fused-ring (bicyclic) bond motifs is 1. The first-order chi connectivity index (χ1) is 37.8. The molecular formula is C59H72FN9O9S. The van der Waals surface area contributed by atoms with Crippen LogP contribution in [0, 0.1) is 27.3 Å². The molecular weight excluding hydrogens is 1030 g/mol. The van der Waals surface area contributed by atoms with Crippen molar-refractivity contribution in [3.8, 4) is 23.1 Å². The number of pyridine rings is 2. The average molecular weight is 1100 g/mol. The van der Waals surface area contributed by atoms with Crippen molar-refractivity contribution in [1.29, 1.82) is 0 Å². The molecule has 2 saturated heterocycles. The largest absolute Gasteiger partial charge is 0.497 e. The van der Waals surface area contributed by atoms with Crippen LogP contribution in [0.2, 0.25) is 0 Å². The second-order valence-electron chi connectivity index (χ2n) is 22.8. The summed E-state index contributed by atoms with van der Waals surface area (Å²) in [6, 6.07) is 25.5. The van der Waals surface area contributed by atoms with E-state index in [9.17, 15) is 28.4 Å². The summed E-state index contributed by atoms with van der Waals surface area (Å²) in [4.78, 5) is 44.2. The lowest BCUT2D eigenvalue weighted by atomic mass is 9.59. The van der Waals surface area contributed by atoms with Crippen LogP contribution in [-0.4, -0.2) is 113 Å². The van der Waals surface area contributed by atoms with Gasteiger partial charge in [-0.2, -0.15) is 4.98 Å². The van der Waals surface area contributed by atoms with Gasteiger partial charge < -0.3 is 34.5 Å². The lowest BCUT2D eigenvalue weighted by molar-refractivity contribution is -0.384. The van der Waals surface area contributed by atoms with Crippen molar-refractivity contribution < 1.29 is 41.8 Å². The van der Waals surface area contributed by atoms with Crippen molar-refractivity contribution >= 4 is 44.2 Å². The predicted molar refractivity (Wildman–Crippen MR) is 300 cm³/mol. The molecule has 6 aromatic rings. The average Bonchev–Trinajstić information content (AvgIpc) is 3.98. The topological polar surface area (TPSA) is 218 Å². The van der Waals surface area contributed by atoms with E-state index in [1.807, 2.05) is 12.1 Å². The highest BCUT2D eigenvalue weighted by Crippen LogP contribution is 2.54. The fraction of sp³-hybridized carbons (Fsp3) is 0.475. The van der Waals surface area contributed by atoms with Gasteiger partial charge in [0.2, 0.25) is 5.82 Å². The number of aromatic nitrogens is 3. The van der Waals surface area contributed by atoms with E-state index in [0.29, 0.717) is 50.2 Å². The lowest BCUT2D eigenvalue weighted by Gasteiger charge is -2.59. The van der Waals surface area contributed by atoms with Gasteiger partial charge >= 0.3 is 5.69 Å². The molecule has 2 aliphatic heterocycles. The van der Waals surface area contributed by atoms with E-state index in [2.05, 4.69) is 96.9 Å². The minimum Gasteiger partial charge on any atom is -0.497 e. The Labute approximate surface area is 461 Å². The maximum atomic E-state index is 15.0. The molecule has 4 fully saturated rings. The zero-order chi connectivity index (χ0) is 55.8. The number of aromatic amines is 1. The maximum absolute atomic E-state index is 15.0. The Hall–Kier alpha value is -6.87. The molecule has 20 heteroatoms. The number of piperazine rings is 1. The Morgan fingerprint density at radius 1 is 1.00 bits per heavy atom. The number of carbonyl (C=O) groups is 1. The second-order valence-corrected chi connectivity index (χ2v) is 24.4. The number of hydrogen-bond donors (Lipinski definition) is 4. The van der Waals surface area contributed by atoms with Crippen molar-refractivity contribution in [2.24, 2.45) is 11.3 Å². The quantitative estimate of drug-likeness (QED) is 0.0465. The van der Waals surface area contributed by atoms with Crippen LogP contribution in [-0.2, 0) is 16.6 Å². The van der Waals surface area contributed by atoms with E-state index in [1.165, 1.54) is 28.8 Å². The minimum atomic E-state index is -4.75. The number of nitro groups is 1. The number of rotatable bonds is 18. The molecule has 10 rings (SSSR count). The second kappa shape index (κ2) is 22.7. The first kappa shape index (κ1) is 55.4. The fourth-order valence-corrected chi connectivity index (χ4v) is 13.2. The van der Waals surface area contributed by atoms with Gasteiger partial charge in [-0.15, -0.1) is 0 Å². The lowest BCUT2D eigenvalue weighted by Crippen LogP contribution is -2.61. The van der Waals surface area contributed by atoms with Gasteiger partial charge in [-0.05, 0) is 130 Å². The van der Waals surface area contributed by atoms with Crippen LogP contribution in [0.4, 0.5) is 21.6 Å². The van der Waals surface area contributed by atoms with Gasteiger partial charge in [0.15, 0.2) is 5.75 Å². The Morgan fingerprint density at radius 3 is 2.43 bits per heavy atom. The molecule has 0 unspecified atom stereocenters. The van der Waals surface area contributed by atoms with Crippen molar-refractivity contribution in [2.75, 3.05) is 56.7 Å². The number of piperidine rings is 1. The molecule has 1 amide bonds. The van der Waals surface area contributed by atoms with Crippen molar-refractivity contribution in [2.45, 2.75) is 127 Å². The SMILES string of the molecule is CCOc1nc2[nH]cc(F)c2cc1Oc1cc(N2CCC3(CC2)CC(N2C[C@@H](C)N(Cc4ccc(OC)cc4)C[C@H]2c2ccccc2C(C)C)C3)ccc1C(=O)NS(=O)(=O)c1cnc(NCC2CCC(C)(O)CC2)c([N+](=O)[O-])c1. The Bertz CT molecular complexity index is 3290. The van der Waals surface area contributed by atoms with E-state index in [-0.39, 0.29) is 63.8 Å². The Morgan fingerprint density at radius 2 is 1.73 bits per heavy atom. The summed E-state index contributed by atoms with van der Waals surface area (Å²) < 4.78 is 62.7. The zero-order valence-electron chi connectivity index (χ0n) is 45.8. The maximum Gasteiger partial charge on any atom is 0.312 e. The molecule has 0 bridgehead atoms. The zero-order valence-corrected chi connectivity index (χ0v) is 46.7. The van der Waals surface area contributed by atoms with E-state index < -0.39 is 42.9 Å². The number of methoxy groups -OCH3 is 1. The number of H-pyrrole nitrogens is 1. The van der Waals surface area contributed by atoms with Crippen LogP contribution in [0.15, 0.2) is 96.2 Å². The molecule has 2 atom stereocenters. The number of benzene rings is 3. The van der Waals surface area contributed by atoms with Crippen LogP contribution in [0.5, 0.6) is 23.1 Å². The van der Waals surface area contributed by atoms with E-state index in [1.54, 1.807) is 33.1 Å². The van der Waals surface area contributed by atoms with Crippen molar-refractivity contribution in [3.05, 3.63) is 129 Å². The number of amides is 1. The number of hydrogen-bond acceptors (Lipinski definition) is 15. The van der Waals surface area contributed by atoms with Gasteiger partial charge in [-0.1, -0.05) is 50.2 Å². The summed E-state index contributed by atoms with van der Waals surface area (Å²) in [7, 11) is -3.06. The first-order valence-electron chi connectivity index (χ1n) is 27.6. The molecule has 2 aliphatic carbocycles. The van der Waals surface area contributed by atoms with Gasteiger partial charge in [0.05, 0.1) is 41.4 Å². The van der Waals surface area contributed by atoms with E-state index in [0.717, 1.165) is 88.3 Å². The van der Waals surface area contributed by atoms with Gasteiger partial charge in [0.1, 0.15) is 27.9 Å². The van der Waals surface area contributed by atoms with Crippen LogP contribution in [0.25, 0.3) is 11.0 Å². The summed E-state index contributed by atoms with van der Waals surface area (Å²) >= 11 is 0. The third kappa shape index (κ3) is 12.0. The predicted octanol–water partition coefficient (Wildman–Crippen LogP) is 10.5. The van der Waals surface area contributed by atoms with E-state index in [4.69, 9.17) is 14.2 Å². The molecule has 79 heavy (non-hydrogen) atoms. The van der Waals surface area contributed by atoms with Crippen molar-refractivity contribution in [3.63, 3.8) is 0 Å². The molecule has 4 N–H and O–H groups in total. The van der Waals surface area contributed by atoms with Crippen LogP contribution >= 0.6 is 0 Å². The number of nitrogens with zero attached hydrogens (tertiary/aromatic N) is 6. The third-order valence-corrected chi connectivity index (χ3v) is 18.3. The van der Waals surface area contributed by atoms with Gasteiger partial charge in [-0.3, -0.25) is 24.7 Å². The smallest absolute Gasteiger partial charge is 0.312 e. The van der Waals surface area contributed by atoms with Crippen LogP contribution in [0.3, 0.4) is 0 Å². The summed E-state index contributed by atoms with van der Waals surface area (Å²) in [5.41, 5.74) is 3.65. The number of ether oxygens (including phenoxy) is 3. The van der Waals surface area contributed by atoms with Gasteiger partial charge in [-0.25, -0.2) is 22.5 Å². The number of carbonyl (C=O) groups excluding carboxylic acids is 1. The van der Waals surface area contributed by atoms with Crippen LogP contribution < -0.4 is 29.1 Å². The highest BCUT2D eigenvalue weighted by atomic mass is 32.2. The monoisotopic (exact) mass is 1100 g/mol. The highest BCUT2D eigenvalue weighted by molar-refractivity contribution is 7.90. The summed E-state index contributed by atoms with van der Waals surface area (Å²) in [6.45, 7) is 15.2. The summed E-state index contributed by atoms with van der Waals surface area (Å²) in [5, 5.41) is 25.7. The standard InChI is InChI=1S/C59H72FN9O9S/c1-7-77-57-53(28-48-49(60)33-63-54(48)64-57)78-52-26-41(14-17-47(52)56(70)65-79(74,75)44-27-50(69(72)73)55(62-32-44)61-31-39-18-20-58(5,71)21-19-39)66-24-22-59(23-25-66)29-42(30-59)68-34-38(4)67(35-40-12-15-43(76-6)16-13-40)36-51(68)46-11-9-8-10-45(46)37(2)3/h8-17,26-28,32-33,37-39,42,51,71H,7,18-25,29-31,34-36H2,1-6H3,(H,61,62)(H,63,64)(H,65,70)/t38-,39?,51+,58?/m1/s1. The molecule has 2 saturated carbocycles. The van der Waals surface area contributed by atoms with Gasteiger partial charge in [0, 0.05) is 87.5 Å². The molecule has 3 aromatic carbocycles. The normalized spacial score (nSPS) is 21.9. The number of nitrogens with one attached hydrogen (secondary N) is 3. The van der Waals surface area contributed by atoms with E-state index >= 15 is 4.39 Å². The molecule has 0 radical (unpaired) electrons. The number of sulfonamides is 1. The number of aliphatic hydroxyl groups is 1. The number of anilines is 2. The Balaban J connectivity index is 0.869. The molecule has 4 aliphatic rings. The van der Waals surface area contributed by atoms with Crippen LogP contribution in [0.1, 0.15) is 125 Å². The molecule has 18 nitrogen and oxygen atoms in total. The van der Waals surface area contributed by atoms with Crippen molar-refractivity contribution in [1.82, 2.24) is 29.5 Å². The number of halogens is 1. The third-order valence-electron chi connectivity index (χ3n) is 17.0. The molecule has 1 spiro atoms.